The monoisotopic (exact) mass is 631 g/mol. The molecule has 2 atom stereocenters. The van der Waals surface area contributed by atoms with Crippen LogP contribution in [0, 0.1) is 3.57 Å². The zero-order chi connectivity index (χ0) is 28.0. The third-order valence-corrected chi connectivity index (χ3v) is 5.85. The van der Waals surface area contributed by atoms with Crippen LogP contribution in [0.1, 0.15) is 71.8 Å². The highest BCUT2D eigenvalue weighted by Gasteiger charge is 2.29. The Balaban J connectivity index is 2.98. The lowest BCUT2D eigenvalue weighted by Crippen LogP contribution is -2.54. The number of carbonyl (C=O) groups excluding carboxylic acids is 5. The Morgan fingerprint density at radius 2 is 1.49 bits per heavy atom. The van der Waals surface area contributed by atoms with Crippen molar-refractivity contribution in [3.63, 3.8) is 0 Å². The molecule has 0 aliphatic carbocycles. The fraction of sp³-hybridized carbons (Fsp3) is 0.577. The number of carbonyl (C=O) groups is 5. The molecule has 37 heavy (non-hydrogen) atoms. The van der Waals surface area contributed by atoms with Crippen molar-refractivity contribution in [2.75, 3.05) is 7.11 Å². The smallest absolute Gasteiger partial charge is 0.408 e. The van der Waals surface area contributed by atoms with Gasteiger partial charge in [-0.2, -0.15) is 0 Å². The molecule has 3 amide bonds. The lowest BCUT2D eigenvalue weighted by atomic mass is 10.0. The molecule has 3 N–H and O–H groups in total. The van der Waals surface area contributed by atoms with Crippen molar-refractivity contribution in [2.24, 2.45) is 0 Å². The summed E-state index contributed by atoms with van der Waals surface area (Å²) in [5.74, 6) is -1.70. The van der Waals surface area contributed by atoms with E-state index in [9.17, 15) is 24.0 Å². The van der Waals surface area contributed by atoms with Crippen molar-refractivity contribution in [3.05, 3.63) is 33.4 Å². The Hall–Kier alpha value is -2.70. The third kappa shape index (κ3) is 14.0. The summed E-state index contributed by atoms with van der Waals surface area (Å²) in [6.07, 6.45) is 0.237. The van der Waals surface area contributed by atoms with Gasteiger partial charge in [0, 0.05) is 29.4 Å². The quantitative estimate of drug-likeness (QED) is 0.211. The van der Waals surface area contributed by atoms with Crippen LogP contribution in [0.4, 0.5) is 4.79 Å². The summed E-state index contributed by atoms with van der Waals surface area (Å²) in [5.41, 5.74) is 0.0776. The van der Waals surface area contributed by atoms with Crippen molar-refractivity contribution in [3.8, 4) is 0 Å². The maximum absolute atomic E-state index is 13.1. The van der Waals surface area contributed by atoms with Crippen molar-refractivity contribution in [1.29, 1.82) is 0 Å². The molecule has 1 aromatic carbocycles. The van der Waals surface area contributed by atoms with E-state index < -0.39 is 41.6 Å². The molecule has 0 aromatic heterocycles. The zero-order valence-electron chi connectivity index (χ0n) is 22.1. The number of esters is 1. The van der Waals surface area contributed by atoms with E-state index >= 15 is 0 Å². The maximum Gasteiger partial charge on any atom is 0.408 e. The molecule has 0 heterocycles. The lowest BCUT2D eigenvalue weighted by Gasteiger charge is -2.25. The number of alkyl carbamates (subject to hydrolysis) is 1. The van der Waals surface area contributed by atoms with Gasteiger partial charge in [-0.25, -0.2) is 4.79 Å². The summed E-state index contributed by atoms with van der Waals surface area (Å²) >= 11 is 2.19. The number of halogens is 1. The minimum atomic E-state index is -1.16. The van der Waals surface area contributed by atoms with Gasteiger partial charge in [-0.1, -0.05) is 19.1 Å². The van der Waals surface area contributed by atoms with E-state index in [4.69, 9.17) is 4.74 Å². The van der Waals surface area contributed by atoms with Gasteiger partial charge in [0.25, 0.3) is 0 Å². The average molecular weight is 632 g/mol. The molecule has 11 heteroatoms. The molecule has 0 aliphatic heterocycles. The van der Waals surface area contributed by atoms with Crippen LogP contribution in [-0.2, 0) is 35.2 Å². The molecular formula is C26H38IN3O7. The molecule has 206 valence electrons. The summed E-state index contributed by atoms with van der Waals surface area (Å²) in [7, 11) is 1.22. The SMILES string of the molecule is CCCC(=O)CCC(NC(=O)C(CCC(=O)OC)NC(=O)OC(C)(C)C)C(=O)NCc1ccc(I)cc1. The number of rotatable bonds is 14. The molecule has 10 nitrogen and oxygen atoms in total. The maximum atomic E-state index is 13.1. The van der Waals surface area contributed by atoms with Gasteiger partial charge in [0.05, 0.1) is 7.11 Å². The molecular weight excluding hydrogens is 593 g/mol. The highest BCUT2D eigenvalue weighted by Crippen LogP contribution is 2.10. The van der Waals surface area contributed by atoms with Crippen LogP contribution in [-0.4, -0.2) is 54.5 Å². The number of benzene rings is 1. The first-order valence-corrected chi connectivity index (χ1v) is 13.3. The Bertz CT molecular complexity index is 929. The van der Waals surface area contributed by atoms with E-state index in [1.165, 1.54) is 7.11 Å². The number of ether oxygens (including phenoxy) is 2. The zero-order valence-corrected chi connectivity index (χ0v) is 24.3. The first-order valence-electron chi connectivity index (χ1n) is 12.2. The second kappa shape index (κ2) is 16.2. The van der Waals surface area contributed by atoms with E-state index in [-0.39, 0.29) is 38.0 Å². The molecule has 1 rings (SSSR count). The number of hydrogen-bond donors (Lipinski definition) is 3. The number of ketones is 1. The molecule has 0 spiro atoms. The minimum absolute atomic E-state index is 0.0127. The third-order valence-electron chi connectivity index (χ3n) is 5.13. The van der Waals surface area contributed by atoms with Gasteiger partial charge in [0.15, 0.2) is 0 Å². The van der Waals surface area contributed by atoms with E-state index in [1.54, 1.807) is 20.8 Å². The standard InChI is InChI=1S/C26H38IN3O7/c1-6-7-19(31)12-13-20(23(33)28-16-17-8-10-18(27)11-9-17)29-24(34)21(14-15-22(32)36-5)30-25(35)37-26(2,3)4/h8-11,20-21H,6-7,12-16H2,1-5H3,(H,28,33)(H,29,34)(H,30,35). The van der Waals surface area contributed by atoms with Crippen LogP contribution in [0.15, 0.2) is 24.3 Å². The molecule has 0 bridgehead atoms. The Labute approximate surface area is 232 Å². The largest absolute Gasteiger partial charge is 0.469 e. The van der Waals surface area contributed by atoms with Crippen LogP contribution in [0.5, 0.6) is 0 Å². The first kappa shape index (κ1) is 32.3. The second-order valence-corrected chi connectivity index (χ2v) is 10.8. The summed E-state index contributed by atoms with van der Waals surface area (Å²) < 4.78 is 10.9. The Morgan fingerprint density at radius 3 is 2.05 bits per heavy atom. The van der Waals surface area contributed by atoms with Crippen LogP contribution in [0.2, 0.25) is 0 Å². The molecule has 0 fully saturated rings. The van der Waals surface area contributed by atoms with E-state index in [0.29, 0.717) is 12.8 Å². The van der Waals surface area contributed by atoms with E-state index in [0.717, 1.165) is 9.13 Å². The lowest BCUT2D eigenvalue weighted by molar-refractivity contribution is -0.141. The van der Waals surface area contributed by atoms with Gasteiger partial charge in [-0.05, 0) is 80.3 Å². The summed E-state index contributed by atoms with van der Waals surface area (Å²) in [6, 6.07) is 5.42. The van der Waals surface area contributed by atoms with Gasteiger partial charge in [0.2, 0.25) is 11.8 Å². The number of Topliss-reactive ketones (excluding diaryl/α,β-unsaturated/α-hetero) is 1. The highest BCUT2D eigenvalue weighted by atomic mass is 127. The normalized spacial score (nSPS) is 12.6. The summed E-state index contributed by atoms with van der Waals surface area (Å²) in [6.45, 7) is 7.17. The molecule has 0 saturated heterocycles. The number of amides is 3. The number of hydrogen-bond acceptors (Lipinski definition) is 7. The van der Waals surface area contributed by atoms with E-state index in [1.807, 2.05) is 31.2 Å². The van der Waals surface area contributed by atoms with Gasteiger partial charge < -0.3 is 25.4 Å². The highest BCUT2D eigenvalue weighted by molar-refractivity contribution is 14.1. The van der Waals surface area contributed by atoms with Crippen molar-refractivity contribution in [2.45, 2.75) is 90.4 Å². The fourth-order valence-corrected chi connectivity index (χ4v) is 3.61. The molecule has 0 aliphatic rings. The molecule has 0 radical (unpaired) electrons. The van der Waals surface area contributed by atoms with Crippen molar-refractivity contribution >= 4 is 52.3 Å². The second-order valence-electron chi connectivity index (χ2n) is 9.55. The Kier molecular flexibility index (Phi) is 14.2. The predicted octanol–water partition coefficient (Wildman–Crippen LogP) is 3.39. The first-order chi connectivity index (χ1) is 17.3. The van der Waals surface area contributed by atoms with Crippen LogP contribution in [0.25, 0.3) is 0 Å². The minimum Gasteiger partial charge on any atom is -0.469 e. The Morgan fingerprint density at radius 1 is 0.892 bits per heavy atom. The van der Waals surface area contributed by atoms with Gasteiger partial charge in [0.1, 0.15) is 23.5 Å². The van der Waals surface area contributed by atoms with Gasteiger partial charge in [-0.15, -0.1) is 0 Å². The van der Waals surface area contributed by atoms with Crippen molar-refractivity contribution in [1.82, 2.24) is 16.0 Å². The van der Waals surface area contributed by atoms with Crippen molar-refractivity contribution < 1.29 is 33.4 Å². The molecule has 1 aromatic rings. The average Bonchev–Trinajstić information content (AvgIpc) is 2.82. The van der Waals surface area contributed by atoms with E-state index in [2.05, 4.69) is 43.3 Å². The van der Waals surface area contributed by atoms with Gasteiger partial charge in [-0.3, -0.25) is 19.2 Å². The van der Waals surface area contributed by atoms with Crippen LogP contribution in [0.3, 0.4) is 0 Å². The molecule has 0 saturated carbocycles. The fourth-order valence-electron chi connectivity index (χ4n) is 3.25. The van der Waals surface area contributed by atoms with Crippen LogP contribution >= 0.6 is 22.6 Å². The van der Waals surface area contributed by atoms with Crippen LogP contribution < -0.4 is 16.0 Å². The summed E-state index contributed by atoms with van der Waals surface area (Å²) in [4.78, 5) is 62.3. The predicted molar refractivity (Wildman–Crippen MR) is 146 cm³/mol. The molecule has 2 unspecified atom stereocenters. The topological polar surface area (TPSA) is 140 Å². The number of nitrogens with one attached hydrogen (secondary N) is 3. The number of methoxy groups -OCH3 is 1. The summed E-state index contributed by atoms with van der Waals surface area (Å²) in [5, 5.41) is 7.90. The van der Waals surface area contributed by atoms with Gasteiger partial charge >= 0.3 is 12.1 Å².